The van der Waals surface area contributed by atoms with Gasteiger partial charge in [-0.1, -0.05) is 18.7 Å². The molecule has 0 aliphatic carbocycles. The van der Waals surface area contributed by atoms with E-state index in [2.05, 4.69) is 63.1 Å². The molecule has 2 N–H and O–H groups in total. The Balaban J connectivity index is 1.56. The summed E-state index contributed by atoms with van der Waals surface area (Å²) in [6.45, 7) is 8.65. The van der Waals surface area contributed by atoms with Crippen molar-refractivity contribution in [2.24, 2.45) is 0 Å². The minimum absolute atomic E-state index is 0.00429. The van der Waals surface area contributed by atoms with Crippen LogP contribution in [-0.4, -0.2) is 57.4 Å². The Kier molecular flexibility index (Phi) is 4.08. The first kappa shape index (κ1) is 17.5. The van der Waals surface area contributed by atoms with E-state index >= 15 is 0 Å². The van der Waals surface area contributed by atoms with Gasteiger partial charge in [0.2, 0.25) is 5.91 Å². The largest absolute Gasteiger partial charge is 0.366 e. The van der Waals surface area contributed by atoms with E-state index < -0.39 is 0 Å². The Hall–Kier alpha value is -3.61. The highest BCUT2D eigenvalue weighted by atomic mass is 16.2. The van der Waals surface area contributed by atoms with Gasteiger partial charge >= 0.3 is 0 Å². The van der Waals surface area contributed by atoms with Crippen molar-refractivity contribution in [3.8, 4) is 11.1 Å². The van der Waals surface area contributed by atoms with Gasteiger partial charge in [0.05, 0.1) is 29.1 Å². The number of hydrogen-bond donors (Lipinski definition) is 2. The van der Waals surface area contributed by atoms with Gasteiger partial charge in [-0.05, 0) is 41.8 Å². The van der Waals surface area contributed by atoms with Gasteiger partial charge in [0.25, 0.3) is 0 Å². The molecule has 0 bridgehead atoms. The van der Waals surface area contributed by atoms with Gasteiger partial charge in [-0.15, -0.1) is 0 Å². The summed E-state index contributed by atoms with van der Waals surface area (Å²) >= 11 is 0. The maximum atomic E-state index is 11.9. The molecule has 0 atom stereocenters. The number of amides is 1. The monoisotopic (exact) mass is 386 g/mol. The minimum Gasteiger partial charge on any atom is -0.366 e. The number of benzene rings is 2. The van der Waals surface area contributed by atoms with Crippen LogP contribution in [0.15, 0.2) is 49.3 Å². The summed E-state index contributed by atoms with van der Waals surface area (Å²) in [6.07, 6.45) is 5.16. The molecule has 0 saturated carbocycles. The molecule has 3 heterocycles. The van der Waals surface area contributed by atoms with Crippen molar-refractivity contribution >= 4 is 33.4 Å². The quantitative estimate of drug-likeness (QED) is 0.530. The van der Waals surface area contributed by atoms with E-state index in [9.17, 15) is 4.79 Å². The number of nitrogens with one attached hydrogen (secondary N) is 2. The topological polar surface area (TPSA) is 80.9 Å². The molecule has 1 aliphatic rings. The van der Waals surface area contributed by atoms with Crippen LogP contribution in [0, 0.1) is 6.92 Å². The zero-order valence-corrected chi connectivity index (χ0v) is 16.3. The molecule has 29 heavy (non-hydrogen) atoms. The van der Waals surface area contributed by atoms with Gasteiger partial charge in [-0.25, -0.2) is 0 Å². The van der Waals surface area contributed by atoms with Gasteiger partial charge in [0, 0.05) is 37.0 Å². The van der Waals surface area contributed by atoms with E-state index in [1.165, 1.54) is 17.2 Å². The molecule has 2 aromatic carbocycles. The van der Waals surface area contributed by atoms with Crippen molar-refractivity contribution < 1.29 is 4.79 Å². The molecule has 2 aromatic heterocycles. The number of piperazine rings is 1. The van der Waals surface area contributed by atoms with Crippen LogP contribution in [0.5, 0.6) is 0 Å². The predicted molar refractivity (Wildman–Crippen MR) is 115 cm³/mol. The number of fused-ring (bicyclic) bond motifs is 2. The number of hydrogen-bond acceptors (Lipinski definition) is 4. The van der Waals surface area contributed by atoms with Crippen LogP contribution < -0.4 is 4.90 Å². The molecular weight excluding hydrogens is 364 g/mol. The summed E-state index contributed by atoms with van der Waals surface area (Å²) < 4.78 is 0. The standard InChI is InChI=1S/C22H22N6O/c1-3-20(29)28-10-8-27(9-11-28)19-7-5-15(16-12-24-26-22(16)19)21-14(2)4-6-18-17(21)13-23-25-18/h3-7,12-13H,1,8-11H2,2H3,(H,23,25)(H,24,26). The van der Waals surface area contributed by atoms with Crippen LogP contribution in [0.2, 0.25) is 0 Å². The van der Waals surface area contributed by atoms with Crippen molar-refractivity contribution in [2.45, 2.75) is 6.92 Å². The van der Waals surface area contributed by atoms with Crippen molar-refractivity contribution in [3.05, 3.63) is 54.9 Å². The van der Waals surface area contributed by atoms with E-state index in [-0.39, 0.29) is 5.91 Å². The molecule has 7 nitrogen and oxygen atoms in total. The molecular formula is C22H22N6O. The second-order valence-electron chi connectivity index (χ2n) is 7.40. The Morgan fingerprint density at radius 3 is 2.59 bits per heavy atom. The number of aromatic amines is 2. The first-order valence-corrected chi connectivity index (χ1v) is 9.73. The number of H-pyrrole nitrogens is 2. The number of carbonyl (C=O) groups excluding carboxylic acids is 1. The second kappa shape index (κ2) is 6.77. The van der Waals surface area contributed by atoms with Gasteiger partial charge in [-0.3, -0.25) is 15.0 Å². The third-order valence-corrected chi connectivity index (χ3v) is 5.80. The second-order valence-corrected chi connectivity index (χ2v) is 7.40. The summed E-state index contributed by atoms with van der Waals surface area (Å²) in [5.74, 6) is -0.00429. The molecule has 0 spiro atoms. The average molecular weight is 386 g/mol. The number of anilines is 1. The van der Waals surface area contributed by atoms with Crippen LogP contribution in [0.25, 0.3) is 32.9 Å². The number of carbonyl (C=O) groups is 1. The third kappa shape index (κ3) is 2.77. The number of nitrogens with zero attached hydrogens (tertiary/aromatic N) is 4. The van der Waals surface area contributed by atoms with Crippen molar-refractivity contribution in [3.63, 3.8) is 0 Å². The lowest BCUT2D eigenvalue weighted by Crippen LogP contribution is -2.48. The maximum Gasteiger partial charge on any atom is 0.246 e. The van der Waals surface area contributed by atoms with Crippen LogP contribution >= 0.6 is 0 Å². The van der Waals surface area contributed by atoms with Crippen LogP contribution in [-0.2, 0) is 4.79 Å². The van der Waals surface area contributed by atoms with E-state index in [0.29, 0.717) is 13.1 Å². The number of rotatable bonds is 3. The van der Waals surface area contributed by atoms with Crippen LogP contribution in [0.1, 0.15) is 5.56 Å². The number of aryl methyl sites for hydroxylation is 1. The Morgan fingerprint density at radius 1 is 1.03 bits per heavy atom. The zero-order valence-electron chi connectivity index (χ0n) is 16.3. The molecule has 1 amide bonds. The Morgan fingerprint density at radius 2 is 1.79 bits per heavy atom. The van der Waals surface area contributed by atoms with E-state index in [4.69, 9.17) is 0 Å². The fourth-order valence-corrected chi connectivity index (χ4v) is 4.28. The van der Waals surface area contributed by atoms with Gasteiger partial charge in [-0.2, -0.15) is 10.2 Å². The first-order chi connectivity index (χ1) is 14.2. The highest BCUT2D eigenvalue weighted by Gasteiger charge is 2.22. The minimum atomic E-state index is -0.00429. The summed E-state index contributed by atoms with van der Waals surface area (Å²) in [4.78, 5) is 16.0. The molecule has 146 valence electrons. The van der Waals surface area contributed by atoms with Crippen molar-refractivity contribution in [1.82, 2.24) is 25.3 Å². The summed E-state index contributed by atoms with van der Waals surface area (Å²) in [6, 6.07) is 8.50. The zero-order chi connectivity index (χ0) is 20.0. The summed E-state index contributed by atoms with van der Waals surface area (Å²) in [5, 5.41) is 17.0. The van der Waals surface area contributed by atoms with Gasteiger partial charge in [0.1, 0.15) is 0 Å². The molecule has 0 radical (unpaired) electrons. The summed E-state index contributed by atoms with van der Waals surface area (Å²) in [7, 11) is 0. The lowest BCUT2D eigenvalue weighted by Gasteiger charge is -2.36. The van der Waals surface area contributed by atoms with E-state index in [0.717, 1.165) is 46.1 Å². The third-order valence-electron chi connectivity index (χ3n) is 5.80. The molecule has 1 aliphatic heterocycles. The molecule has 1 saturated heterocycles. The summed E-state index contributed by atoms with van der Waals surface area (Å²) in [5.41, 5.74) is 6.67. The van der Waals surface area contributed by atoms with Gasteiger partial charge < -0.3 is 9.80 Å². The number of aromatic nitrogens is 4. The lowest BCUT2D eigenvalue weighted by atomic mass is 9.94. The van der Waals surface area contributed by atoms with Crippen LogP contribution in [0.4, 0.5) is 5.69 Å². The van der Waals surface area contributed by atoms with E-state index in [1.807, 2.05) is 17.3 Å². The van der Waals surface area contributed by atoms with Gasteiger partial charge in [0.15, 0.2) is 0 Å². The normalized spacial score (nSPS) is 14.7. The highest BCUT2D eigenvalue weighted by molar-refractivity contribution is 6.07. The Bertz CT molecular complexity index is 1230. The molecule has 5 rings (SSSR count). The first-order valence-electron chi connectivity index (χ1n) is 9.73. The molecule has 4 aromatic rings. The van der Waals surface area contributed by atoms with Crippen molar-refractivity contribution in [2.75, 3.05) is 31.1 Å². The lowest BCUT2D eigenvalue weighted by molar-refractivity contribution is -0.126. The highest BCUT2D eigenvalue weighted by Crippen LogP contribution is 2.38. The maximum absolute atomic E-state index is 11.9. The fourth-order valence-electron chi connectivity index (χ4n) is 4.28. The Labute approximate surface area is 168 Å². The fraction of sp³-hybridized carbons (Fsp3) is 0.227. The molecule has 0 unspecified atom stereocenters. The van der Waals surface area contributed by atoms with E-state index in [1.54, 1.807) is 0 Å². The van der Waals surface area contributed by atoms with Crippen LogP contribution in [0.3, 0.4) is 0 Å². The molecule has 7 heteroatoms. The predicted octanol–water partition coefficient (Wildman–Crippen LogP) is 3.25. The molecule has 1 fully saturated rings. The SMILES string of the molecule is C=CC(=O)N1CCN(c2ccc(-c3c(C)ccc4[nH]ncc34)c3cn[nH]c23)CC1. The van der Waals surface area contributed by atoms with Crippen molar-refractivity contribution in [1.29, 1.82) is 0 Å². The smallest absolute Gasteiger partial charge is 0.246 e. The average Bonchev–Trinajstić information content (AvgIpc) is 3.42.